The number of carbonyl (C=O) groups excluding carboxylic acids is 2. The molecule has 0 bridgehead atoms. The van der Waals surface area contributed by atoms with E-state index in [0.717, 1.165) is 0 Å². The van der Waals surface area contributed by atoms with Crippen LogP contribution in [0.5, 0.6) is 0 Å². The van der Waals surface area contributed by atoms with Crippen molar-refractivity contribution in [2.24, 2.45) is 0 Å². The van der Waals surface area contributed by atoms with E-state index in [2.05, 4.69) is 10.6 Å². The summed E-state index contributed by atoms with van der Waals surface area (Å²) in [6.07, 6.45) is 2.48. The van der Waals surface area contributed by atoms with Crippen molar-refractivity contribution in [2.45, 2.75) is 52.6 Å². The Kier molecular flexibility index (Phi) is 4.72. The van der Waals surface area contributed by atoms with Gasteiger partial charge in [-0.05, 0) is 41.5 Å². The van der Waals surface area contributed by atoms with Gasteiger partial charge in [-0.3, -0.25) is 9.59 Å². The van der Waals surface area contributed by atoms with Gasteiger partial charge in [0.1, 0.15) is 0 Å². The number of amides is 2. The topological polar surface area (TPSA) is 58.2 Å². The molecule has 4 heteroatoms. The fraction of sp³-hybridized carbons (Fsp3) is 0.667. The van der Waals surface area contributed by atoms with Gasteiger partial charge in [0.15, 0.2) is 0 Å². The van der Waals surface area contributed by atoms with Gasteiger partial charge in [-0.15, -0.1) is 0 Å². The smallest absolute Gasteiger partial charge is 0.244 e. The molecule has 0 aliphatic rings. The molecule has 0 saturated carbocycles. The van der Waals surface area contributed by atoms with Crippen molar-refractivity contribution in [1.82, 2.24) is 10.6 Å². The second-order valence-electron chi connectivity index (χ2n) is 5.81. The Morgan fingerprint density at radius 3 is 1.19 bits per heavy atom. The van der Waals surface area contributed by atoms with Crippen molar-refractivity contribution >= 4 is 11.8 Å². The predicted molar refractivity (Wildman–Crippen MR) is 64.9 cm³/mol. The number of rotatable bonds is 2. The first-order chi connectivity index (χ1) is 6.99. The van der Waals surface area contributed by atoms with Gasteiger partial charge in [-0.1, -0.05) is 0 Å². The van der Waals surface area contributed by atoms with E-state index in [9.17, 15) is 9.59 Å². The van der Waals surface area contributed by atoms with Gasteiger partial charge in [-0.25, -0.2) is 0 Å². The van der Waals surface area contributed by atoms with Gasteiger partial charge in [0.05, 0.1) is 0 Å². The molecule has 0 aliphatic heterocycles. The second kappa shape index (κ2) is 5.14. The lowest BCUT2D eigenvalue weighted by atomic mass is 10.1. The van der Waals surface area contributed by atoms with Crippen LogP contribution < -0.4 is 10.6 Å². The monoisotopic (exact) mass is 226 g/mol. The van der Waals surface area contributed by atoms with E-state index in [4.69, 9.17) is 0 Å². The first kappa shape index (κ1) is 14.7. The molecular formula is C12H22N2O2. The van der Waals surface area contributed by atoms with Crippen molar-refractivity contribution in [3.63, 3.8) is 0 Å². The van der Waals surface area contributed by atoms with Gasteiger partial charge in [0.2, 0.25) is 11.8 Å². The van der Waals surface area contributed by atoms with E-state index in [-0.39, 0.29) is 22.9 Å². The molecule has 2 N–H and O–H groups in total. The zero-order chi connectivity index (χ0) is 13.0. The van der Waals surface area contributed by atoms with Crippen LogP contribution in [-0.4, -0.2) is 22.9 Å². The van der Waals surface area contributed by atoms with Crippen LogP contribution in [-0.2, 0) is 9.59 Å². The molecule has 0 fully saturated rings. The van der Waals surface area contributed by atoms with Crippen LogP contribution in [0.25, 0.3) is 0 Å². The highest BCUT2D eigenvalue weighted by atomic mass is 16.2. The summed E-state index contributed by atoms with van der Waals surface area (Å²) < 4.78 is 0. The maximum atomic E-state index is 11.4. The molecule has 0 spiro atoms. The largest absolute Gasteiger partial charge is 0.348 e. The van der Waals surface area contributed by atoms with Crippen LogP contribution in [0.4, 0.5) is 0 Å². The fourth-order valence-electron chi connectivity index (χ4n) is 0.974. The lowest BCUT2D eigenvalue weighted by Crippen LogP contribution is -2.41. The van der Waals surface area contributed by atoms with Gasteiger partial charge < -0.3 is 10.6 Å². The molecule has 0 rings (SSSR count). The Morgan fingerprint density at radius 2 is 1.00 bits per heavy atom. The third kappa shape index (κ3) is 9.24. The highest BCUT2D eigenvalue weighted by Gasteiger charge is 2.13. The van der Waals surface area contributed by atoms with Crippen LogP contribution in [0.2, 0.25) is 0 Å². The highest BCUT2D eigenvalue weighted by Crippen LogP contribution is 1.99. The Labute approximate surface area is 97.5 Å². The summed E-state index contributed by atoms with van der Waals surface area (Å²) in [7, 11) is 0. The third-order valence-electron chi connectivity index (χ3n) is 1.38. The molecular weight excluding hydrogens is 204 g/mol. The Balaban J connectivity index is 4.20. The SMILES string of the molecule is CC(C)(C)NC(=O)/C=C\C(=O)NC(C)(C)C. The number of hydrogen-bond acceptors (Lipinski definition) is 2. The van der Waals surface area contributed by atoms with Gasteiger partial charge in [0.25, 0.3) is 0 Å². The van der Waals surface area contributed by atoms with Crippen LogP contribution >= 0.6 is 0 Å². The first-order valence-electron chi connectivity index (χ1n) is 5.32. The van der Waals surface area contributed by atoms with E-state index in [0.29, 0.717) is 0 Å². The fourth-order valence-corrected chi connectivity index (χ4v) is 0.974. The first-order valence-corrected chi connectivity index (χ1v) is 5.32. The van der Waals surface area contributed by atoms with Crippen molar-refractivity contribution in [3.05, 3.63) is 12.2 Å². The second-order valence-corrected chi connectivity index (χ2v) is 5.81. The van der Waals surface area contributed by atoms with Gasteiger partial charge in [0, 0.05) is 23.2 Å². The molecule has 0 heterocycles. The van der Waals surface area contributed by atoms with Crippen LogP contribution in [0.15, 0.2) is 12.2 Å². The number of hydrogen-bond donors (Lipinski definition) is 2. The lowest BCUT2D eigenvalue weighted by molar-refractivity contribution is -0.120. The van der Waals surface area contributed by atoms with Gasteiger partial charge in [-0.2, -0.15) is 0 Å². The standard InChI is InChI=1S/C12H22N2O2/c1-11(2,3)13-9(15)7-8-10(16)14-12(4,5)6/h7-8H,1-6H3,(H,13,15)(H,14,16)/b8-7-. The molecule has 0 aromatic carbocycles. The minimum absolute atomic E-state index is 0.267. The highest BCUT2D eigenvalue weighted by molar-refractivity contribution is 5.97. The molecule has 4 nitrogen and oxygen atoms in total. The minimum Gasteiger partial charge on any atom is -0.348 e. The van der Waals surface area contributed by atoms with Crippen molar-refractivity contribution in [1.29, 1.82) is 0 Å². The number of carbonyl (C=O) groups is 2. The third-order valence-corrected chi connectivity index (χ3v) is 1.38. The summed E-state index contributed by atoms with van der Waals surface area (Å²) in [6, 6.07) is 0. The van der Waals surface area contributed by atoms with Crippen LogP contribution in [0.3, 0.4) is 0 Å². The Bertz CT molecular complexity index is 263. The minimum atomic E-state index is -0.290. The molecule has 0 aromatic heterocycles. The predicted octanol–water partition coefficient (Wildman–Crippen LogP) is 1.37. The summed E-state index contributed by atoms with van der Waals surface area (Å²) in [6.45, 7) is 11.3. The van der Waals surface area contributed by atoms with Gasteiger partial charge >= 0.3 is 0 Å². The molecule has 0 radical (unpaired) electrons. The zero-order valence-corrected chi connectivity index (χ0v) is 11.0. The normalized spacial score (nSPS) is 12.6. The van der Waals surface area contributed by atoms with Crippen molar-refractivity contribution < 1.29 is 9.59 Å². The number of nitrogens with one attached hydrogen (secondary N) is 2. The van der Waals surface area contributed by atoms with E-state index >= 15 is 0 Å². The lowest BCUT2D eigenvalue weighted by Gasteiger charge is -2.20. The maximum Gasteiger partial charge on any atom is 0.244 e. The van der Waals surface area contributed by atoms with Crippen LogP contribution in [0, 0.1) is 0 Å². The quantitative estimate of drug-likeness (QED) is 0.699. The molecule has 2 amide bonds. The van der Waals surface area contributed by atoms with Crippen LogP contribution in [0.1, 0.15) is 41.5 Å². The molecule has 0 unspecified atom stereocenters. The zero-order valence-electron chi connectivity index (χ0n) is 11.0. The maximum absolute atomic E-state index is 11.4. The van der Waals surface area contributed by atoms with E-state index in [1.807, 2.05) is 41.5 Å². The molecule has 0 saturated heterocycles. The average Bonchev–Trinajstić information content (AvgIpc) is 1.94. The van der Waals surface area contributed by atoms with Crippen molar-refractivity contribution in [3.8, 4) is 0 Å². The summed E-state index contributed by atoms with van der Waals surface area (Å²) >= 11 is 0. The molecule has 0 aliphatic carbocycles. The molecule has 0 atom stereocenters. The molecule has 92 valence electrons. The Morgan fingerprint density at radius 1 is 0.750 bits per heavy atom. The summed E-state index contributed by atoms with van der Waals surface area (Å²) in [5.74, 6) is -0.534. The van der Waals surface area contributed by atoms with E-state index in [1.165, 1.54) is 12.2 Å². The average molecular weight is 226 g/mol. The van der Waals surface area contributed by atoms with Crippen molar-refractivity contribution in [2.75, 3.05) is 0 Å². The molecule has 0 aromatic rings. The summed E-state index contributed by atoms with van der Waals surface area (Å²) in [5, 5.41) is 5.46. The van der Waals surface area contributed by atoms with E-state index < -0.39 is 0 Å². The Hall–Kier alpha value is -1.32. The van der Waals surface area contributed by atoms with E-state index in [1.54, 1.807) is 0 Å². The molecule has 16 heavy (non-hydrogen) atoms. The summed E-state index contributed by atoms with van der Waals surface area (Å²) in [4.78, 5) is 22.7. The summed E-state index contributed by atoms with van der Waals surface area (Å²) in [5.41, 5.74) is -0.580.